The van der Waals surface area contributed by atoms with Crippen molar-refractivity contribution in [3.63, 3.8) is 0 Å². The van der Waals surface area contributed by atoms with Crippen LogP contribution in [0.1, 0.15) is 24.2 Å². The summed E-state index contributed by atoms with van der Waals surface area (Å²) in [6.45, 7) is 3.06. The Morgan fingerprint density at radius 2 is 2.11 bits per heavy atom. The summed E-state index contributed by atoms with van der Waals surface area (Å²) in [7, 11) is 0. The lowest BCUT2D eigenvalue weighted by Gasteiger charge is -2.09. The SMILES string of the molecule is CCOC(=O)COc1ccc(NC(C)=O)cc1C=O. The second kappa shape index (κ2) is 7.15. The third kappa shape index (κ3) is 4.79. The van der Waals surface area contributed by atoms with Crippen molar-refractivity contribution in [2.75, 3.05) is 18.5 Å². The van der Waals surface area contributed by atoms with Gasteiger partial charge in [0.2, 0.25) is 5.91 Å². The molecule has 6 nitrogen and oxygen atoms in total. The normalized spacial score (nSPS) is 9.58. The summed E-state index contributed by atoms with van der Waals surface area (Å²) in [4.78, 5) is 33.0. The molecular formula is C13H15NO5. The zero-order valence-electron chi connectivity index (χ0n) is 10.8. The fourth-order valence-electron chi connectivity index (χ4n) is 1.39. The van der Waals surface area contributed by atoms with Crippen molar-refractivity contribution >= 4 is 23.9 Å². The first-order valence-electron chi connectivity index (χ1n) is 5.72. The molecule has 1 aromatic carbocycles. The molecule has 0 bridgehead atoms. The van der Waals surface area contributed by atoms with Gasteiger partial charge in [-0.2, -0.15) is 0 Å². The van der Waals surface area contributed by atoms with Crippen LogP contribution < -0.4 is 10.1 Å². The fourth-order valence-corrected chi connectivity index (χ4v) is 1.39. The Morgan fingerprint density at radius 3 is 2.68 bits per heavy atom. The highest BCUT2D eigenvalue weighted by Gasteiger charge is 2.08. The van der Waals surface area contributed by atoms with Crippen molar-refractivity contribution in [2.45, 2.75) is 13.8 Å². The molecule has 0 heterocycles. The molecule has 0 unspecified atom stereocenters. The number of benzene rings is 1. The van der Waals surface area contributed by atoms with Gasteiger partial charge in [0.15, 0.2) is 12.9 Å². The highest BCUT2D eigenvalue weighted by atomic mass is 16.6. The van der Waals surface area contributed by atoms with E-state index in [2.05, 4.69) is 5.32 Å². The van der Waals surface area contributed by atoms with Crippen LogP contribution in [0.3, 0.4) is 0 Å². The van der Waals surface area contributed by atoms with Gasteiger partial charge in [-0.05, 0) is 25.1 Å². The second-order valence-corrected chi connectivity index (χ2v) is 3.65. The molecule has 0 radical (unpaired) electrons. The van der Waals surface area contributed by atoms with E-state index in [0.717, 1.165) is 0 Å². The average molecular weight is 265 g/mol. The molecule has 0 aliphatic rings. The van der Waals surface area contributed by atoms with Crippen LogP contribution in [0.2, 0.25) is 0 Å². The van der Waals surface area contributed by atoms with Crippen LogP contribution >= 0.6 is 0 Å². The van der Waals surface area contributed by atoms with Crippen molar-refractivity contribution in [1.82, 2.24) is 0 Å². The molecule has 0 aliphatic carbocycles. The molecule has 1 N–H and O–H groups in total. The minimum absolute atomic E-state index is 0.239. The van der Waals surface area contributed by atoms with Crippen molar-refractivity contribution in [1.29, 1.82) is 0 Å². The van der Waals surface area contributed by atoms with Crippen molar-refractivity contribution in [3.05, 3.63) is 23.8 Å². The molecule has 0 saturated heterocycles. The van der Waals surface area contributed by atoms with Crippen LogP contribution in [0.5, 0.6) is 5.75 Å². The van der Waals surface area contributed by atoms with Crippen LogP contribution in [0, 0.1) is 0 Å². The quantitative estimate of drug-likeness (QED) is 0.621. The lowest BCUT2D eigenvalue weighted by Crippen LogP contribution is -2.15. The number of hydrogen-bond acceptors (Lipinski definition) is 5. The van der Waals surface area contributed by atoms with Gasteiger partial charge in [-0.1, -0.05) is 0 Å². The van der Waals surface area contributed by atoms with E-state index in [0.29, 0.717) is 12.0 Å². The summed E-state index contributed by atoms with van der Waals surface area (Å²) in [5.41, 5.74) is 0.730. The zero-order chi connectivity index (χ0) is 14.3. The molecule has 0 atom stereocenters. The standard InChI is InChI=1S/C13H15NO5/c1-3-18-13(17)8-19-12-5-4-11(14-9(2)16)6-10(12)7-15/h4-7H,3,8H2,1-2H3,(H,14,16). The highest BCUT2D eigenvalue weighted by molar-refractivity contribution is 5.91. The van der Waals surface area contributed by atoms with Gasteiger partial charge in [0.25, 0.3) is 0 Å². The monoisotopic (exact) mass is 265 g/mol. The highest BCUT2D eigenvalue weighted by Crippen LogP contribution is 2.21. The summed E-state index contributed by atoms with van der Waals surface area (Å²) in [5.74, 6) is -0.487. The number of nitrogens with one attached hydrogen (secondary N) is 1. The van der Waals surface area contributed by atoms with Crippen LogP contribution in [-0.4, -0.2) is 31.4 Å². The first-order valence-corrected chi connectivity index (χ1v) is 5.72. The number of aldehydes is 1. The minimum atomic E-state index is -0.509. The summed E-state index contributed by atoms with van der Waals surface area (Å²) in [6, 6.07) is 4.55. The molecule has 19 heavy (non-hydrogen) atoms. The molecule has 102 valence electrons. The van der Waals surface area contributed by atoms with Gasteiger partial charge in [-0.25, -0.2) is 4.79 Å². The Morgan fingerprint density at radius 1 is 1.37 bits per heavy atom. The Bertz CT molecular complexity index is 484. The number of hydrogen-bond donors (Lipinski definition) is 1. The van der Waals surface area contributed by atoms with Crippen molar-refractivity contribution in [2.24, 2.45) is 0 Å². The van der Waals surface area contributed by atoms with Gasteiger partial charge in [0.05, 0.1) is 12.2 Å². The lowest BCUT2D eigenvalue weighted by molar-refractivity contribution is -0.145. The Hall–Kier alpha value is -2.37. The number of rotatable bonds is 6. The maximum absolute atomic E-state index is 11.1. The van der Waals surface area contributed by atoms with E-state index in [-0.39, 0.29) is 30.4 Å². The Kier molecular flexibility index (Phi) is 5.53. The fraction of sp³-hybridized carbons (Fsp3) is 0.308. The summed E-state index contributed by atoms with van der Waals surface area (Å²) in [5, 5.41) is 2.55. The van der Waals surface area contributed by atoms with Crippen LogP contribution in [-0.2, 0) is 14.3 Å². The van der Waals surface area contributed by atoms with Crippen LogP contribution in [0.4, 0.5) is 5.69 Å². The molecule has 6 heteroatoms. The molecular weight excluding hydrogens is 250 g/mol. The second-order valence-electron chi connectivity index (χ2n) is 3.65. The smallest absolute Gasteiger partial charge is 0.344 e. The molecule has 1 rings (SSSR count). The van der Waals surface area contributed by atoms with Crippen LogP contribution in [0.15, 0.2) is 18.2 Å². The molecule has 0 aliphatic heterocycles. The molecule has 0 aromatic heterocycles. The topological polar surface area (TPSA) is 81.7 Å². The Balaban J connectivity index is 2.75. The number of esters is 1. The molecule has 0 fully saturated rings. The summed E-state index contributed by atoms with van der Waals surface area (Å²) < 4.78 is 9.89. The van der Waals surface area contributed by atoms with Gasteiger partial charge in [-0.3, -0.25) is 9.59 Å². The van der Waals surface area contributed by atoms with E-state index >= 15 is 0 Å². The zero-order valence-corrected chi connectivity index (χ0v) is 10.8. The molecule has 1 aromatic rings. The van der Waals surface area contributed by atoms with E-state index in [1.54, 1.807) is 13.0 Å². The third-order valence-corrected chi connectivity index (χ3v) is 2.11. The predicted molar refractivity (Wildman–Crippen MR) is 68.3 cm³/mol. The summed E-state index contributed by atoms with van der Waals surface area (Å²) >= 11 is 0. The average Bonchev–Trinajstić information content (AvgIpc) is 2.36. The molecule has 0 spiro atoms. The van der Waals surface area contributed by atoms with E-state index < -0.39 is 5.97 Å². The third-order valence-electron chi connectivity index (χ3n) is 2.11. The lowest BCUT2D eigenvalue weighted by atomic mass is 10.2. The number of anilines is 1. The first kappa shape index (κ1) is 14.7. The van der Waals surface area contributed by atoms with Crippen molar-refractivity contribution in [3.8, 4) is 5.75 Å². The summed E-state index contributed by atoms with van der Waals surface area (Å²) in [6.07, 6.45) is 0.589. The van der Waals surface area contributed by atoms with Gasteiger partial charge < -0.3 is 14.8 Å². The van der Waals surface area contributed by atoms with Crippen molar-refractivity contribution < 1.29 is 23.9 Å². The molecule has 1 amide bonds. The van der Waals surface area contributed by atoms with Gasteiger partial charge in [0, 0.05) is 12.6 Å². The van der Waals surface area contributed by atoms with E-state index in [9.17, 15) is 14.4 Å². The van der Waals surface area contributed by atoms with E-state index in [1.807, 2.05) is 0 Å². The number of carbonyl (C=O) groups excluding carboxylic acids is 3. The van der Waals surface area contributed by atoms with E-state index in [1.165, 1.54) is 19.1 Å². The maximum Gasteiger partial charge on any atom is 0.344 e. The van der Waals surface area contributed by atoms with Gasteiger partial charge in [0.1, 0.15) is 5.75 Å². The minimum Gasteiger partial charge on any atom is -0.481 e. The van der Waals surface area contributed by atoms with Crippen LogP contribution in [0.25, 0.3) is 0 Å². The van der Waals surface area contributed by atoms with E-state index in [4.69, 9.17) is 9.47 Å². The number of ether oxygens (including phenoxy) is 2. The Labute approximate surface area is 110 Å². The predicted octanol–water partition coefficient (Wildman–Crippen LogP) is 1.40. The van der Waals surface area contributed by atoms with Gasteiger partial charge >= 0.3 is 5.97 Å². The maximum atomic E-state index is 11.1. The largest absolute Gasteiger partial charge is 0.481 e. The number of carbonyl (C=O) groups is 3. The number of amides is 1. The first-order chi connectivity index (χ1) is 9.06. The molecule has 0 saturated carbocycles. The van der Waals surface area contributed by atoms with Gasteiger partial charge in [-0.15, -0.1) is 0 Å².